The predicted octanol–water partition coefficient (Wildman–Crippen LogP) is 11.0. The monoisotopic (exact) mass is 589 g/mol. The summed E-state index contributed by atoms with van der Waals surface area (Å²) in [6.07, 6.45) is 0. The highest BCUT2D eigenvalue weighted by Gasteiger charge is 2.20. The quantitative estimate of drug-likeness (QED) is 0.192. The van der Waals surface area contributed by atoms with E-state index in [4.69, 9.17) is 23.8 Å². The normalized spacial score (nSPS) is 11.9. The molecule has 3 aromatic heterocycles. The molecule has 46 heavy (non-hydrogen) atoms. The van der Waals surface area contributed by atoms with E-state index >= 15 is 0 Å². The summed E-state index contributed by atoms with van der Waals surface area (Å²) < 4.78 is 12.6. The van der Waals surface area contributed by atoms with Crippen LogP contribution in [-0.4, -0.2) is 15.0 Å². The van der Waals surface area contributed by atoms with E-state index in [1.807, 2.05) is 60.7 Å². The molecular formula is C41H23N3O2. The molecule has 0 aliphatic carbocycles. The number of benzene rings is 7. The molecule has 7 aromatic carbocycles. The van der Waals surface area contributed by atoms with Crippen molar-refractivity contribution in [3.05, 3.63) is 140 Å². The highest BCUT2D eigenvalue weighted by atomic mass is 16.3. The van der Waals surface area contributed by atoms with Gasteiger partial charge in [0.15, 0.2) is 17.5 Å². The van der Waals surface area contributed by atoms with E-state index in [9.17, 15) is 0 Å². The second-order valence-electron chi connectivity index (χ2n) is 11.6. The lowest BCUT2D eigenvalue weighted by Gasteiger charge is -2.12. The van der Waals surface area contributed by atoms with E-state index in [1.165, 1.54) is 5.39 Å². The first kappa shape index (κ1) is 25.0. The summed E-state index contributed by atoms with van der Waals surface area (Å²) in [5.41, 5.74) is 5.91. The lowest BCUT2D eigenvalue weighted by Crippen LogP contribution is -2.01. The molecule has 0 fully saturated rings. The third kappa shape index (κ3) is 3.72. The number of rotatable bonds is 3. The van der Waals surface area contributed by atoms with Crippen molar-refractivity contribution >= 4 is 65.4 Å². The van der Waals surface area contributed by atoms with Crippen LogP contribution in [0.15, 0.2) is 148 Å². The van der Waals surface area contributed by atoms with Crippen LogP contribution in [0.5, 0.6) is 0 Å². The predicted molar refractivity (Wildman–Crippen MR) is 186 cm³/mol. The molecule has 0 unspecified atom stereocenters. The van der Waals surface area contributed by atoms with E-state index in [2.05, 4.69) is 78.9 Å². The average molecular weight is 590 g/mol. The van der Waals surface area contributed by atoms with E-state index in [0.29, 0.717) is 17.5 Å². The van der Waals surface area contributed by atoms with Gasteiger partial charge in [0.05, 0.1) is 5.56 Å². The summed E-state index contributed by atoms with van der Waals surface area (Å²) in [7, 11) is 0. The number of hydrogen-bond donors (Lipinski definition) is 0. The molecule has 5 heteroatoms. The standard InChI is InChI=1S/C41H23N3O2/c1-2-11-27-24(9-1)19-20-25-10-7-15-31(37(25)27)40-42-39(26-21-22-36-33(23-26)29-13-4-5-17-34(29)45-36)43-41(44-40)32-16-8-14-30-28-12-3-6-18-35(28)46-38(30)32/h1-23H. The molecule has 0 bridgehead atoms. The number of fused-ring (bicyclic) bond motifs is 9. The lowest BCUT2D eigenvalue weighted by molar-refractivity contribution is 0.669. The third-order valence-corrected chi connectivity index (χ3v) is 8.93. The van der Waals surface area contributed by atoms with Crippen molar-refractivity contribution in [2.24, 2.45) is 0 Å². The Balaban J connectivity index is 1.28. The molecule has 5 nitrogen and oxygen atoms in total. The van der Waals surface area contributed by atoms with Crippen molar-refractivity contribution in [1.82, 2.24) is 15.0 Å². The zero-order chi connectivity index (χ0) is 30.2. The van der Waals surface area contributed by atoms with E-state index in [1.54, 1.807) is 0 Å². The van der Waals surface area contributed by atoms with Gasteiger partial charge in [-0.05, 0) is 52.6 Å². The van der Waals surface area contributed by atoms with E-state index < -0.39 is 0 Å². The largest absolute Gasteiger partial charge is 0.456 e. The van der Waals surface area contributed by atoms with Crippen LogP contribution in [0.3, 0.4) is 0 Å². The number of aromatic nitrogens is 3. The molecule has 10 rings (SSSR count). The number of hydrogen-bond acceptors (Lipinski definition) is 5. The molecule has 0 aliphatic heterocycles. The zero-order valence-electron chi connectivity index (χ0n) is 24.4. The van der Waals surface area contributed by atoms with Gasteiger partial charge in [0.1, 0.15) is 22.3 Å². The third-order valence-electron chi connectivity index (χ3n) is 8.93. The molecular weight excluding hydrogens is 566 g/mol. The van der Waals surface area contributed by atoms with Crippen molar-refractivity contribution in [1.29, 1.82) is 0 Å². The second-order valence-corrected chi connectivity index (χ2v) is 11.6. The number of nitrogens with zero attached hydrogens (tertiary/aromatic N) is 3. The van der Waals surface area contributed by atoms with E-state index in [0.717, 1.165) is 76.7 Å². The molecule has 0 N–H and O–H groups in total. The minimum Gasteiger partial charge on any atom is -0.456 e. The van der Waals surface area contributed by atoms with Crippen LogP contribution < -0.4 is 0 Å². The molecule has 0 atom stereocenters. The van der Waals surface area contributed by atoms with Crippen LogP contribution in [0, 0.1) is 0 Å². The summed E-state index contributed by atoms with van der Waals surface area (Å²) in [5.74, 6) is 1.74. The topological polar surface area (TPSA) is 65.0 Å². The Hall–Kier alpha value is -6.33. The maximum atomic E-state index is 6.44. The fraction of sp³-hybridized carbons (Fsp3) is 0. The SMILES string of the molecule is c1ccc2c(c1)ccc1cccc(-c3nc(-c4ccc5oc6ccccc6c5c4)nc(-c4cccc5c4oc4ccccc45)n3)c12. The van der Waals surface area contributed by atoms with Crippen LogP contribution in [-0.2, 0) is 0 Å². The Kier molecular flexibility index (Phi) is 5.22. The van der Waals surface area contributed by atoms with Crippen LogP contribution >= 0.6 is 0 Å². The fourth-order valence-electron chi connectivity index (χ4n) is 6.78. The summed E-state index contributed by atoms with van der Waals surface area (Å²) in [5, 5.41) is 8.73. The lowest BCUT2D eigenvalue weighted by atomic mass is 9.97. The molecule has 10 aromatic rings. The van der Waals surface area contributed by atoms with Crippen molar-refractivity contribution < 1.29 is 8.83 Å². The first-order valence-corrected chi connectivity index (χ1v) is 15.3. The molecule has 0 spiro atoms. The minimum atomic E-state index is 0.555. The molecule has 0 saturated heterocycles. The van der Waals surface area contributed by atoms with Gasteiger partial charge in [-0.15, -0.1) is 0 Å². The molecule has 0 aliphatic rings. The Morgan fingerprint density at radius 2 is 0.957 bits per heavy atom. The maximum absolute atomic E-state index is 6.44. The van der Waals surface area contributed by atoms with Gasteiger partial charge in [0.25, 0.3) is 0 Å². The van der Waals surface area contributed by atoms with Gasteiger partial charge in [0, 0.05) is 38.1 Å². The van der Waals surface area contributed by atoms with Crippen LogP contribution in [0.2, 0.25) is 0 Å². The van der Waals surface area contributed by atoms with Crippen LogP contribution in [0.4, 0.5) is 0 Å². The Labute approximate surface area is 262 Å². The Morgan fingerprint density at radius 3 is 1.83 bits per heavy atom. The fourth-order valence-corrected chi connectivity index (χ4v) is 6.78. The highest BCUT2D eigenvalue weighted by molar-refractivity contribution is 6.14. The summed E-state index contributed by atoms with van der Waals surface area (Å²) in [6, 6.07) is 47.6. The van der Waals surface area contributed by atoms with Gasteiger partial charge < -0.3 is 8.83 Å². The minimum absolute atomic E-state index is 0.555. The Morgan fingerprint density at radius 1 is 0.370 bits per heavy atom. The summed E-state index contributed by atoms with van der Waals surface area (Å²) in [6.45, 7) is 0. The molecule has 3 heterocycles. The van der Waals surface area contributed by atoms with E-state index in [-0.39, 0.29) is 0 Å². The number of para-hydroxylation sites is 3. The number of furan rings is 2. The second kappa shape index (κ2) is 9.58. The first-order chi connectivity index (χ1) is 22.8. The molecule has 0 radical (unpaired) electrons. The Bertz CT molecular complexity index is 2830. The van der Waals surface area contributed by atoms with Gasteiger partial charge >= 0.3 is 0 Å². The van der Waals surface area contributed by atoms with Crippen molar-refractivity contribution in [2.45, 2.75) is 0 Å². The van der Waals surface area contributed by atoms with Gasteiger partial charge in [-0.1, -0.05) is 103 Å². The van der Waals surface area contributed by atoms with Crippen LogP contribution in [0.1, 0.15) is 0 Å². The van der Waals surface area contributed by atoms with Gasteiger partial charge in [-0.3, -0.25) is 0 Å². The highest BCUT2D eigenvalue weighted by Crippen LogP contribution is 2.38. The van der Waals surface area contributed by atoms with Gasteiger partial charge in [-0.2, -0.15) is 0 Å². The molecule has 214 valence electrons. The van der Waals surface area contributed by atoms with Crippen molar-refractivity contribution in [2.75, 3.05) is 0 Å². The van der Waals surface area contributed by atoms with Crippen molar-refractivity contribution in [3.8, 4) is 34.2 Å². The molecule has 0 amide bonds. The maximum Gasteiger partial charge on any atom is 0.167 e. The van der Waals surface area contributed by atoms with Gasteiger partial charge in [-0.25, -0.2) is 15.0 Å². The summed E-state index contributed by atoms with van der Waals surface area (Å²) in [4.78, 5) is 15.5. The summed E-state index contributed by atoms with van der Waals surface area (Å²) >= 11 is 0. The van der Waals surface area contributed by atoms with Crippen LogP contribution in [0.25, 0.3) is 99.6 Å². The van der Waals surface area contributed by atoms with Crippen molar-refractivity contribution in [3.63, 3.8) is 0 Å². The average Bonchev–Trinajstić information content (AvgIpc) is 3.69. The smallest absolute Gasteiger partial charge is 0.167 e. The van der Waals surface area contributed by atoms with Gasteiger partial charge in [0.2, 0.25) is 0 Å². The first-order valence-electron chi connectivity index (χ1n) is 15.3. The molecule has 0 saturated carbocycles. The zero-order valence-corrected chi connectivity index (χ0v) is 24.4.